The molecule has 0 aliphatic rings. The summed E-state index contributed by atoms with van der Waals surface area (Å²) < 4.78 is 72.4. The Balaban J connectivity index is 2.10. The lowest BCUT2D eigenvalue weighted by atomic mass is 10.1. The van der Waals surface area contributed by atoms with Crippen LogP contribution in [-0.4, -0.2) is 35.3 Å². The number of aromatic nitrogens is 3. The summed E-state index contributed by atoms with van der Waals surface area (Å²) in [6.45, 7) is 3.34. The lowest BCUT2D eigenvalue weighted by molar-refractivity contribution is -0.198. The van der Waals surface area contributed by atoms with Crippen molar-refractivity contribution in [2.24, 2.45) is 0 Å². The third-order valence-electron chi connectivity index (χ3n) is 3.64. The van der Waals surface area contributed by atoms with E-state index in [4.69, 9.17) is 4.74 Å². The highest BCUT2D eigenvalue weighted by molar-refractivity contribution is 7.92. The Labute approximate surface area is 164 Å². The first-order valence-electron chi connectivity index (χ1n) is 8.21. The maximum absolute atomic E-state index is 13.6. The number of rotatable bonds is 7. The van der Waals surface area contributed by atoms with E-state index >= 15 is 0 Å². The number of pyridine rings is 1. The van der Waals surface area contributed by atoms with Gasteiger partial charge in [0.15, 0.2) is 0 Å². The number of ether oxygens (including phenoxy) is 1. The molecule has 152 valence electrons. The summed E-state index contributed by atoms with van der Waals surface area (Å²) in [7, 11) is -3.96. The predicted octanol–water partition coefficient (Wildman–Crippen LogP) is 3.63. The van der Waals surface area contributed by atoms with Gasteiger partial charge in [-0.3, -0.25) is 9.71 Å². The number of nitrogens with zero attached hydrogens (tertiary/aromatic N) is 3. The second-order valence-corrected chi connectivity index (χ2v) is 7.63. The minimum absolute atomic E-state index is 0.237. The van der Waals surface area contributed by atoms with Crippen LogP contribution in [0.15, 0.2) is 61.4 Å². The number of anilines is 1. The number of fused-ring (bicyclic) bond motifs is 1. The number of hydrogen-bond acceptors (Lipinski definition) is 6. The molecule has 0 saturated heterocycles. The maximum atomic E-state index is 13.6. The molecule has 7 nitrogen and oxygen atoms in total. The van der Waals surface area contributed by atoms with Crippen LogP contribution in [0.3, 0.4) is 0 Å². The SMILES string of the molecule is C=CCS(=O)(=O)Nc1nc2ccccc2nc1OC(c1cccnc1)C(F)(F)F. The molecular weight excluding hydrogens is 409 g/mol. The minimum atomic E-state index is -4.81. The van der Waals surface area contributed by atoms with Gasteiger partial charge in [-0.05, 0) is 18.2 Å². The molecule has 0 bridgehead atoms. The number of sulfonamides is 1. The van der Waals surface area contributed by atoms with Crippen molar-refractivity contribution < 1.29 is 26.3 Å². The fourth-order valence-corrected chi connectivity index (χ4v) is 3.26. The molecule has 0 aliphatic carbocycles. The van der Waals surface area contributed by atoms with Gasteiger partial charge in [-0.25, -0.2) is 18.4 Å². The first kappa shape index (κ1) is 20.5. The third-order valence-corrected chi connectivity index (χ3v) is 4.82. The number of para-hydroxylation sites is 2. The van der Waals surface area contributed by atoms with Gasteiger partial charge in [0.1, 0.15) is 0 Å². The van der Waals surface area contributed by atoms with Crippen LogP contribution in [0, 0.1) is 0 Å². The molecule has 1 N–H and O–H groups in total. The number of hydrogen-bond donors (Lipinski definition) is 1. The molecule has 0 saturated carbocycles. The van der Waals surface area contributed by atoms with E-state index in [1.807, 2.05) is 0 Å². The van der Waals surface area contributed by atoms with Gasteiger partial charge in [-0.2, -0.15) is 13.2 Å². The number of nitrogens with one attached hydrogen (secondary N) is 1. The first-order chi connectivity index (χ1) is 13.7. The molecule has 0 spiro atoms. The first-order valence-corrected chi connectivity index (χ1v) is 9.86. The standard InChI is InChI=1S/C18H15F3N4O3S/c1-2-10-29(26,27)25-16-17(24-14-8-4-3-7-13(14)23-16)28-15(18(19,20)21)12-6-5-9-22-11-12/h2-9,11,15H,1,10H2,(H,23,25). The van der Waals surface area contributed by atoms with E-state index in [9.17, 15) is 21.6 Å². The van der Waals surface area contributed by atoms with Crippen LogP contribution in [0.4, 0.5) is 19.0 Å². The average Bonchev–Trinajstić information content (AvgIpc) is 2.65. The van der Waals surface area contributed by atoms with E-state index in [1.165, 1.54) is 24.4 Å². The largest absolute Gasteiger partial charge is 0.457 e. The molecular formula is C18H15F3N4O3S. The van der Waals surface area contributed by atoms with Crippen LogP contribution in [0.1, 0.15) is 11.7 Å². The maximum Gasteiger partial charge on any atom is 0.429 e. The second-order valence-electron chi connectivity index (χ2n) is 5.86. The molecule has 1 atom stereocenters. The lowest BCUT2D eigenvalue weighted by Crippen LogP contribution is -2.27. The molecule has 3 rings (SSSR count). The van der Waals surface area contributed by atoms with Crippen molar-refractivity contribution in [3.63, 3.8) is 0 Å². The fraction of sp³-hybridized carbons (Fsp3) is 0.167. The summed E-state index contributed by atoms with van der Waals surface area (Å²) in [5.74, 6) is -1.53. The Kier molecular flexibility index (Phi) is 5.69. The van der Waals surface area contributed by atoms with Gasteiger partial charge in [0, 0.05) is 18.0 Å². The third kappa shape index (κ3) is 4.99. The van der Waals surface area contributed by atoms with E-state index < -0.39 is 39.8 Å². The van der Waals surface area contributed by atoms with E-state index in [0.29, 0.717) is 0 Å². The van der Waals surface area contributed by atoms with Gasteiger partial charge in [-0.1, -0.05) is 24.3 Å². The van der Waals surface area contributed by atoms with Crippen LogP contribution >= 0.6 is 0 Å². The summed E-state index contributed by atoms with van der Waals surface area (Å²) in [6, 6.07) is 8.83. The lowest BCUT2D eigenvalue weighted by Gasteiger charge is -2.22. The molecule has 0 amide bonds. The average molecular weight is 424 g/mol. The highest BCUT2D eigenvalue weighted by atomic mass is 32.2. The van der Waals surface area contributed by atoms with Gasteiger partial charge in [0.2, 0.25) is 21.9 Å². The van der Waals surface area contributed by atoms with Crippen LogP contribution in [0.2, 0.25) is 0 Å². The zero-order chi connectivity index (χ0) is 21.1. The van der Waals surface area contributed by atoms with Crippen molar-refractivity contribution in [2.45, 2.75) is 12.3 Å². The van der Waals surface area contributed by atoms with Crippen molar-refractivity contribution >= 4 is 26.9 Å². The van der Waals surface area contributed by atoms with Crippen molar-refractivity contribution in [1.82, 2.24) is 15.0 Å². The van der Waals surface area contributed by atoms with Gasteiger partial charge in [0.25, 0.3) is 5.88 Å². The molecule has 2 aromatic heterocycles. The zero-order valence-corrected chi connectivity index (χ0v) is 15.6. The normalized spacial score (nSPS) is 13.1. The Morgan fingerprint density at radius 2 is 1.83 bits per heavy atom. The van der Waals surface area contributed by atoms with Crippen molar-refractivity contribution in [3.05, 3.63) is 67.0 Å². The van der Waals surface area contributed by atoms with Crippen LogP contribution in [0.25, 0.3) is 11.0 Å². The van der Waals surface area contributed by atoms with Crippen LogP contribution in [0.5, 0.6) is 5.88 Å². The highest BCUT2D eigenvalue weighted by Crippen LogP contribution is 2.38. The molecule has 11 heteroatoms. The monoisotopic (exact) mass is 424 g/mol. The van der Waals surface area contributed by atoms with Crippen molar-refractivity contribution in [3.8, 4) is 5.88 Å². The van der Waals surface area contributed by atoms with Crippen LogP contribution < -0.4 is 9.46 Å². The van der Waals surface area contributed by atoms with Gasteiger partial charge in [0.05, 0.1) is 16.8 Å². The van der Waals surface area contributed by atoms with Crippen LogP contribution in [-0.2, 0) is 10.0 Å². The van der Waals surface area contributed by atoms with E-state index in [0.717, 1.165) is 12.3 Å². The topological polar surface area (TPSA) is 94.1 Å². The quantitative estimate of drug-likeness (QED) is 0.582. The summed E-state index contributed by atoms with van der Waals surface area (Å²) >= 11 is 0. The molecule has 1 unspecified atom stereocenters. The molecule has 29 heavy (non-hydrogen) atoms. The Hall–Kier alpha value is -3.21. The van der Waals surface area contributed by atoms with E-state index in [1.54, 1.807) is 18.2 Å². The summed E-state index contributed by atoms with van der Waals surface area (Å²) in [5.41, 5.74) is 0.247. The number of halogens is 3. The molecule has 1 aromatic carbocycles. The smallest absolute Gasteiger partial charge is 0.429 e. The van der Waals surface area contributed by atoms with Gasteiger partial charge < -0.3 is 4.74 Å². The summed E-state index contributed by atoms with van der Waals surface area (Å²) in [4.78, 5) is 11.8. The summed E-state index contributed by atoms with van der Waals surface area (Å²) in [6.07, 6.45) is -3.77. The second kappa shape index (κ2) is 8.03. The van der Waals surface area contributed by atoms with Crippen molar-refractivity contribution in [2.75, 3.05) is 10.5 Å². The predicted molar refractivity (Wildman–Crippen MR) is 101 cm³/mol. The summed E-state index contributed by atoms with van der Waals surface area (Å²) in [5, 5.41) is 0. The molecule has 0 fully saturated rings. The Morgan fingerprint density at radius 3 is 2.41 bits per heavy atom. The van der Waals surface area contributed by atoms with E-state index in [-0.39, 0.29) is 16.6 Å². The zero-order valence-electron chi connectivity index (χ0n) is 14.8. The highest BCUT2D eigenvalue weighted by Gasteiger charge is 2.44. The van der Waals surface area contributed by atoms with Gasteiger partial charge in [-0.15, -0.1) is 6.58 Å². The number of benzene rings is 1. The fourth-order valence-electron chi connectivity index (χ4n) is 2.44. The van der Waals surface area contributed by atoms with Gasteiger partial charge >= 0.3 is 6.18 Å². The van der Waals surface area contributed by atoms with Crippen molar-refractivity contribution in [1.29, 1.82) is 0 Å². The molecule has 3 aromatic rings. The minimum Gasteiger partial charge on any atom is -0.457 e. The van der Waals surface area contributed by atoms with E-state index in [2.05, 4.69) is 26.3 Å². The Bertz CT molecular complexity index is 1120. The Morgan fingerprint density at radius 1 is 1.14 bits per heavy atom. The molecule has 2 heterocycles. The number of alkyl halides is 3. The molecule has 0 radical (unpaired) electrons. The molecule has 0 aliphatic heterocycles.